The van der Waals surface area contributed by atoms with Crippen molar-refractivity contribution in [2.45, 2.75) is 56.2 Å². The molecule has 0 heterocycles. The molecule has 0 aromatic heterocycles. The Bertz CT molecular complexity index is 400. The van der Waals surface area contributed by atoms with Crippen molar-refractivity contribution in [2.75, 3.05) is 12.8 Å². The number of carbonyl (C=O) groups excluding carboxylic acids is 1. The van der Waals surface area contributed by atoms with Crippen LogP contribution in [0.3, 0.4) is 0 Å². The van der Waals surface area contributed by atoms with Crippen LogP contribution in [0.1, 0.15) is 44.9 Å². The number of Topliss-reactive ketones (excluding diaryl/α,β-unsaturated/α-hetero) is 1. The lowest BCUT2D eigenvalue weighted by molar-refractivity contribution is -0.123. The Hall–Kier alpha value is -0.420. The first-order valence-electron chi connectivity index (χ1n) is 6.92. The van der Waals surface area contributed by atoms with Gasteiger partial charge in [-0.05, 0) is 32.1 Å². The van der Waals surface area contributed by atoms with Gasteiger partial charge in [0.15, 0.2) is 0 Å². The molecule has 0 saturated heterocycles. The molecule has 2 aliphatic rings. The monoisotopic (exact) mass is 273 g/mol. The Morgan fingerprint density at radius 1 is 1.22 bits per heavy atom. The van der Waals surface area contributed by atoms with Gasteiger partial charge in [-0.15, -0.1) is 0 Å². The number of sulfone groups is 1. The highest BCUT2D eigenvalue weighted by Crippen LogP contribution is 2.29. The lowest BCUT2D eigenvalue weighted by Crippen LogP contribution is -2.32. The fraction of sp³-hybridized carbons (Fsp3) is 0.923. The van der Waals surface area contributed by atoms with Crippen LogP contribution < -0.4 is 5.32 Å². The summed E-state index contributed by atoms with van der Waals surface area (Å²) in [6.45, 7) is 0.754. The largest absolute Gasteiger partial charge is 0.314 e. The molecule has 1 N–H and O–H groups in total. The van der Waals surface area contributed by atoms with Gasteiger partial charge in [0.1, 0.15) is 15.6 Å². The Balaban J connectivity index is 1.78. The van der Waals surface area contributed by atoms with E-state index in [9.17, 15) is 13.2 Å². The van der Waals surface area contributed by atoms with Crippen LogP contribution in [0.2, 0.25) is 0 Å². The fourth-order valence-electron chi connectivity index (χ4n) is 2.72. The van der Waals surface area contributed by atoms with Crippen molar-refractivity contribution in [1.29, 1.82) is 0 Å². The van der Waals surface area contributed by atoms with Crippen LogP contribution in [0, 0.1) is 5.92 Å². The van der Waals surface area contributed by atoms with Gasteiger partial charge in [0, 0.05) is 31.2 Å². The van der Waals surface area contributed by atoms with Gasteiger partial charge in [0.2, 0.25) is 0 Å². The molecule has 4 nitrogen and oxygen atoms in total. The molecule has 5 heteroatoms. The van der Waals surface area contributed by atoms with Crippen molar-refractivity contribution in [3.05, 3.63) is 0 Å². The molecule has 0 aromatic rings. The molecule has 2 saturated carbocycles. The van der Waals surface area contributed by atoms with Crippen molar-refractivity contribution in [3.8, 4) is 0 Å². The lowest BCUT2D eigenvalue weighted by Gasteiger charge is -2.27. The van der Waals surface area contributed by atoms with Gasteiger partial charge in [-0.2, -0.15) is 0 Å². The molecule has 0 aromatic carbocycles. The normalized spacial score (nSPS) is 29.2. The minimum atomic E-state index is -2.98. The molecule has 2 fully saturated rings. The maximum absolute atomic E-state index is 12.0. The van der Waals surface area contributed by atoms with E-state index in [1.165, 1.54) is 19.1 Å². The highest BCUT2D eigenvalue weighted by molar-refractivity contribution is 7.91. The van der Waals surface area contributed by atoms with Gasteiger partial charge in [0.05, 0.1) is 5.25 Å². The first kappa shape index (κ1) is 14.0. The summed E-state index contributed by atoms with van der Waals surface area (Å²) in [6.07, 6.45) is 7.31. The molecule has 2 aliphatic carbocycles. The van der Waals surface area contributed by atoms with Gasteiger partial charge in [-0.3, -0.25) is 4.79 Å². The third-order valence-electron chi connectivity index (χ3n) is 4.07. The number of nitrogens with one attached hydrogen (secondary N) is 1. The summed E-state index contributed by atoms with van der Waals surface area (Å²) in [4.78, 5) is 12.0. The van der Waals surface area contributed by atoms with E-state index in [-0.39, 0.29) is 17.0 Å². The smallest absolute Gasteiger partial charge is 0.150 e. The van der Waals surface area contributed by atoms with E-state index >= 15 is 0 Å². The molecule has 0 amide bonds. The molecular formula is C13H23NO3S. The Kier molecular flexibility index (Phi) is 4.43. The van der Waals surface area contributed by atoms with Crippen LogP contribution in [0.5, 0.6) is 0 Å². The van der Waals surface area contributed by atoms with Gasteiger partial charge >= 0.3 is 0 Å². The zero-order chi connectivity index (χ0) is 13.2. The molecule has 2 atom stereocenters. The molecule has 0 spiro atoms. The quantitative estimate of drug-likeness (QED) is 0.792. The SMILES string of the molecule is CS(=O)(=O)C1CCCC(C(=O)CCNC2CC2)C1. The molecule has 0 aliphatic heterocycles. The number of rotatable bonds is 6. The molecule has 0 radical (unpaired) electrons. The van der Waals surface area contributed by atoms with E-state index in [4.69, 9.17) is 0 Å². The molecule has 0 bridgehead atoms. The highest BCUT2D eigenvalue weighted by Gasteiger charge is 2.32. The topological polar surface area (TPSA) is 63.2 Å². The number of hydrogen-bond acceptors (Lipinski definition) is 4. The lowest BCUT2D eigenvalue weighted by atomic mass is 9.85. The van der Waals surface area contributed by atoms with Crippen molar-refractivity contribution in [2.24, 2.45) is 5.92 Å². The Labute approximate surface area is 109 Å². The predicted molar refractivity (Wildman–Crippen MR) is 71.2 cm³/mol. The minimum Gasteiger partial charge on any atom is -0.314 e. The van der Waals surface area contributed by atoms with Crippen molar-refractivity contribution in [1.82, 2.24) is 5.32 Å². The van der Waals surface area contributed by atoms with Gasteiger partial charge in [-0.25, -0.2) is 8.42 Å². The standard InChI is InChI=1S/C13H23NO3S/c1-18(16,17)12-4-2-3-10(9-12)13(15)7-8-14-11-5-6-11/h10-12,14H,2-9H2,1H3. The second kappa shape index (κ2) is 5.70. The van der Waals surface area contributed by atoms with Gasteiger partial charge in [0.25, 0.3) is 0 Å². The van der Waals surface area contributed by atoms with Crippen LogP contribution in [-0.2, 0) is 14.6 Å². The summed E-state index contributed by atoms with van der Waals surface area (Å²) in [5, 5.41) is 3.03. The first-order valence-corrected chi connectivity index (χ1v) is 8.87. The summed E-state index contributed by atoms with van der Waals surface area (Å²) >= 11 is 0. The highest BCUT2D eigenvalue weighted by atomic mass is 32.2. The average Bonchev–Trinajstić information content (AvgIpc) is 3.12. The third kappa shape index (κ3) is 4.05. The number of ketones is 1. The van der Waals surface area contributed by atoms with E-state index in [1.54, 1.807) is 0 Å². The van der Waals surface area contributed by atoms with Crippen LogP contribution in [0.4, 0.5) is 0 Å². The summed E-state index contributed by atoms with van der Waals surface area (Å²) in [5.74, 6) is 0.218. The second-order valence-electron chi connectivity index (χ2n) is 5.76. The van der Waals surface area contributed by atoms with Crippen LogP contribution in [0.15, 0.2) is 0 Å². The van der Waals surface area contributed by atoms with E-state index < -0.39 is 9.84 Å². The molecule has 104 valence electrons. The number of carbonyl (C=O) groups is 1. The average molecular weight is 273 g/mol. The fourth-order valence-corrected chi connectivity index (χ4v) is 3.89. The van der Waals surface area contributed by atoms with E-state index in [0.717, 1.165) is 25.8 Å². The van der Waals surface area contributed by atoms with Crippen molar-refractivity contribution in [3.63, 3.8) is 0 Å². The summed E-state index contributed by atoms with van der Waals surface area (Å²) < 4.78 is 23.1. The Morgan fingerprint density at radius 3 is 2.56 bits per heavy atom. The maximum atomic E-state index is 12.0. The second-order valence-corrected chi connectivity index (χ2v) is 8.09. The van der Waals surface area contributed by atoms with Gasteiger partial charge in [-0.1, -0.05) is 6.42 Å². The third-order valence-corrected chi connectivity index (χ3v) is 5.71. The summed E-state index contributed by atoms with van der Waals surface area (Å²) in [7, 11) is -2.98. The minimum absolute atomic E-state index is 0.0283. The summed E-state index contributed by atoms with van der Waals surface area (Å²) in [5.41, 5.74) is 0. The van der Waals surface area contributed by atoms with Crippen molar-refractivity contribution < 1.29 is 13.2 Å². The molecule has 18 heavy (non-hydrogen) atoms. The van der Waals surface area contributed by atoms with E-state index in [0.29, 0.717) is 18.9 Å². The summed E-state index contributed by atoms with van der Waals surface area (Å²) in [6, 6.07) is 0.632. The Morgan fingerprint density at radius 2 is 1.94 bits per heavy atom. The zero-order valence-corrected chi connectivity index (χ0v) is 11.8. The molecule has 2 unspecified atom stereocenters. The van der Waals surface area contributed by atoms with Gasteiger partial charge < -0.3 is 5.32 Å². The maximum Gasteiger partial charge on any atom is 0.150 e. The van der Waals surface area contributed by atoms with Crippen LogP contribution >= 0.6 is 0 Å². The number of hydrogen-bond donors (Lipinski definition) is 1. The zero-order valence-electron chi connectivity index (χ0n) is 11.0. The van der Waals surface area contributed by atoms with Crippen molar-refractivity contribution >= 4 is 15.6 Å². The van der Waals surface area contributed by atoms with Crippen LogP contribution in [-0.4, -0.2) is 38.3 Å². The van der Waals surface area contributed by atoms with Crippen LogP contribution in [0.25, 0.3) is 0 Å². The first-order chi connectivity index (χ1) is 8.47. The predicted octanol–water partition coefficient (Wildman–Crippen LogP) is 1.30. The molecular weight excluding hydrogens is 250 g/mol. The molecule has 2 rings (SSSR count). The van der Waals surface area contributed by atoms with E-state index in [2.05, 4.69) is 5.32 Å². The van der Waals surface area contributed by atoms with E-state index in [1.807, 2.05) is 0 Å².